The van der Waals surface area contributed by atoms with Crippen molar-refractivity contribution in [3.8, 4) is 34.5 Å². The fraction of sp³-hybridized carbons (Fsp3) is 0.409. The molecule has 12 heteroatoms. The summed E-state index contributed by atoms with van der Waals surface area (Å²) in [5.74, 6) is 2.60. The molecule has 4 aromatic carbocycles. The van der Waals surface area contributed by atoms with Gasteiger partial charge in [-0.1, -0.05) is 81.4 Å². The first-order chi connectivity index (χ1) is 26.8. The van der Waals surface area contributed by atoms with Crippen molar-refractivity contribution in [2.75, 3.05) is 49.3 Å². The smallest absolute Gasteiger partial charge is 0.261 e. The molecule has 4 aromatic rings. The topological polar surface area (TPSA) is 114 Å². The summed E-state index contributed by atoms with van der Waals surface area (Å²) in [7, 11) is 6.36. The lowest BCUT2D eigenvalue weighted by molar-refractivity contribution is -0.154. The minimum atomic E-state index is -3.13. The maximum Gasteiger partial charge on any atom is 0.261 e. The summed E-state index contributed by atoms with van der Waals surface area (Å²) in [5.41, 5.74) is 3.62. The molecule has 1 fully saturated rings. The molecule has 2 amide bonds. The zero-order valence-corrected chi connectivity index (χ0v) is 35.3. The highest BCUT2D eigenvalue weighted by atomic mass is 28.4. The van der Waals surface area contributed by atoms with Crippen molar-refractivity contribution in [3.05, 3.63) is 94.5 Å². The van der Waals surface area contributed by atoms with Crippen LogP contribution in [-0.2, 0) is 26.9 Å². The molecular formula is C44H54N2O9Si. The first kappa shape index (κ1) is 40.5. The molecule has 56 heavy (non-hydrogen) atoms. The Labute approximate surface area is 331 Å². The minimum Gasteiger partial charge on any atom is -0.496 e. The van der Waals surface area contributed by atoms with Crippen LogP contribution in [0.1, 0.15) is 54.6 Å². The van der Waals surface area contributed by atoms with Gasteiger partial charge in [-0.05, 0) is 35.3 Å². The average Bonchev–Trinajstić information content (AvgIpc) is 3.19. The third kappa shape index (κ3) is 6.62. The van der Waals surface area contributed by atoms with Crippen molar-refractivity contribution >= 4 is 30.5 Å². The molecule has 0 bridgehead atoms. The van der Waals surface area contributed by atoms with Crippen LogP contribution in [0.2, 0.25) is 5.04 Å². The summed E-state index contributed by atoms with van der Waals surface area (Å²) in [5, 5.41) is 4.90. The van der Waals surface area contributed by atoms with Gasteiger partial charge in [-0.25, -0.2) is 0 Å². The SMILES string of the molecule is COc1cc(C[C@@H]2NC(=O)[C@@H]3Cc4c(OC)c(C)c(OC)c(OC)c4[C@@H](CO[Si](c4ccccc4)(c4ccccc4)C(C)(C)C)N3C2=O)c(OC)c(C)c1OC. The Morgan fingerprint density at radius 2 is 1.25 bits per heavy atom. The Bertz CT molecular complexity index is 2050. The van der Waals surface area contributed by atoms with Crippen molar-refractivity contribution in [1.82, 2.24) is 10.2 Å². The van der Waals surface area contributed by atoms with E-state index >= 15 is 4.79 Å². The molecule has 0 aliphatic carbocycles. The van der Waals surface area contributed by atoms with Gasteiger partial charge in [0, 0.05) is 40.7 Å². The third-order valence-electron chi connectivity index (χ3n) is 11.3. The van der Waals surface area contributed by atoms with Gasteiger partial charge < -0.3 is 43.1 Å². The van der Waals surface area contributed by atoms with Crippen LogP contribution >= 0.6 is 0 Å². The molecule has 0 saturated carbocycles. The van der Waals surface area contributed by atoms with Gasteiger partial charge in [-0.2, -0.15) is 0 Å². The molecule has 11 nitrogen and oxygen atoms in total. The second kappa shape index (κ2) is 16.1. The molecular weight excluding hydrogens is 729 g/mol. The minimum absolute atomic E-state index is 0.0625. The second-order valence-corrected chi connectivity index (χ2v) is 19.6. The molecule has 0 spiro atoms. The van der Waals surface area contributed by atoms with E-state index in [4.69, 9.17) is 32.8 Å². The zero-order valence-electron chi connectivity index (χ0n) is 34.3. The number of carbonyl (C=O) groups excluding carboxylic acids is 2. The van der Waals surface area contributed by atoms with Gasteiger partial charge in [-0.3, -0.25) is 9.59 Å². The highest BCUT2D eigenvalue weighted by molar-refractivity contribution is 6.99. The number of amides is 2. The number of rotatable bonds is 13. The first-order valence-electron chi connectivity index (χ1n) is 18.8. The lowest BCUT2D eigenvalue weighted by Gasteiger charge is -2.50. The zero-order chi connectivity index (χ0) is 40.5. The van der Waals surface area contributed by atoms with Crippen molar-refractivity contribution in [2.45, 2.75) is 70.6 Å². The van der Waals surface area contributed by atoms with Crippen molar-refractivity contribution in [2.24, 2.45) is 0 Å². The van der Waals surface area contributed by atoms with E-state index in [1.807, 2.05) is 50.2 Å². The number of ether oxygens (including phenoxy) is 6. The van der Waals surface area contributed by atoms with Gasteiger partial charge in [0.2, 0.25) is 11.8 Å². The van der Waals surface area contributed by atoms with E-state index in [1.54, 1.807) is 53.6 Å². The number of benzene rings is 4. The van der Waals surface area contributed by atoms with Gasteiger partial charge in [0.05, 0.1) is 55.3 Å². The van der Waals surface area contributed by atoms with Crippen LogP contribution in [0.15, 0.2) is 66.7 Å². The number of hydrogen-bond acceptors (Lipinski definition) is 9. The molecule has 0 radical (unpaired) electrons. The van der Waals surface area contributed by atoms with E-state index in [9.17, 15) is 4.79 Å². The van der Waals surface area contributed by atoms with Gasteiger partial charge in [0.1, 0.15) is 23.6 Å². The van der Waals surface area contributed by atoms with Crippen LogP contribution in [0.4, 0.5) is 0 Å². The number of nitrogens with one attached hydrogen (secondary N) is 1. The lowest BCUT2D eigenvalue weighted by Crippen LogP contribution is -2.69. The van der Waals surface area contributed by atoms with E-state index in [2.05, 4.69) is 50.4 Å². The lowest BCUT2D eigenvalue weighted by atomic mass is 9.82. The van der Waals surface area contributed by atoms with E-state index in [0.717, 1.165) is 27.1 Å². The summed E-state index contributed by atoms with van der Waals surface area (Å²) in [4.78, 5) is 31.3. The second-order valence-electron chi connectivity index (χ2n) is 15.3. The first-order valence-corrected chi connectivity index (χ1v) is 20.7. The van der Waals surface area contributed by atoms with Crippen molar-refractivity contribution < 1.29 is 42.4 Å². The summed E-state index contributed by atoms with van der Waals surface area (Å²) in [6.45, 7) is 10.5. The number of methoxy groups -OCH3 is 6. The van der Waals surface area contributed by atoms with Crippen LogP contribution in [0, 0.1) is 13.8 Å². The molecule has 0 unspecified atom stereocenters. The van der Waals surface area contributed by atoms with Gasteiger partial charge in [0.25, 0.3) is 8.32 Å². The van der Waals surface area contributed by atoms with Crippen LogP contribution in [0.25, 0.3) is 0 Å². The number of hydrogen-bond donors (Lipinski definition) is 1. The predicted octanol–water partition coefficient (Wildman–Crippen LogP) is 5.47. The number of fused-ring (bicyclic) bond motifs is 2. The molecule has 1 N–H and O–H groups in total. The van der Waals surface area contributed by atoms with E-state index in [1.165, 1.54) is 0 Å². The summed E-state index contributed by atoms with van der Waals surface area (Å²) in [6.07, 6.45) is 0.351. The van der Waals surface area contributed by atoms with Crippen LogP contribution in [-0.4, -0.2) is 86.4 Å². The Morgan fingerprint density at radius 1 is 0.714 bits per heavy atom. The van der Waals surface area contributed by atoms with Crippen molar-refractivity contribution in [1.29, 1.82) is 0 Å². The largest absolute Gasteiger partial charge is 0.496 e. The van der Waals surface area contributed by atoms with E-state index in [0.29, 0.717) is 45.6 Å². The predicted molar refractivity (Wildman–Crippen MR) is 218 cm³/mol. The quantitative estimate of drug-likeness (QED) is 0.177. The van der Waals surface area contributed by atoms with Gasteiger partial charge >= 0.3 is 0 Å². The molecule has 1 saturated heterocycles. The van der Waals surface area contributed by atoms with Gasteiger partial charge in [0.15, 0.2) is 23.0 Å². The summed E-state index contributed by atoms with van der Waals surface area (Å²) in [6, 6.07) is 19.9. The molecule has 298 valence electrons. The van der Waals surface area contributed by atoms with Crippen LogP contribution in [0.3, 0.4) is 0 Å². The normalized spacial score (nSPS) is 18.1. The Kier molecular flexibility index (Phi) is 11.6. The molecule has 0 aromatic heterocycles. The number of piperazine rings is 1. The molecule has 2 aliphatic heterocycles. The summed E-state index contributed by atoms with van der Waals surface area (Å²) >= 11 is 0. The maximum absolute atomic E-state index is 15.2. The van der Waals surface area contributed by atoms with Crippen molar-refractivity contribution in [3.63, 3.8) is 0 Å². The number of nitrogens with zero attached hydrogens (tertiary/aromatic N) is 1. The average molecular weight is 783 g/mol. The highest BCUT2D eigenvalue weighted by Crippen LogP contribution is 2.52. The van der Waals surface area contributed by atoms with Gasteiger partial charge in [-0.15, -0.1) is 0 Å². The van der Waals surface area contributed by atoms with Crippen LogP contribution < -0.4 is 44.1 Å². The molecule has 6 rings (SSSR count). The Balaban J connectivity index is 1.55. The Hall–Kier alpha value is -5.20. The monoisotopic (exact) mass is 782 g/mol. The van der Waals surface area contributed by atoms with Crippen LogP contribution in [0.5, 0.6) is 34.5 Å². The highest BCUT2D eigenvalue weighted by Gasteiger charge is 2.54. The molecule has 2 aliphatic rings. The molecule has 3 atom stereocenters. The van der Waals surface area contributed by atoms with E-state index < -0.39 is 26.4 Å². The molecule has 2 heterocycles. The number of carbonyl (C=O) groups is 2. The summed E-state index contributed by atoms with van der Waals surface area (Å²) < 4.78 is 42.9. The van der Waals surface area contributed by atoms with E-state index in [-0.39, 0.29) is 36.3 Å². The standard InChI is InChI=1S/C44H54N2O9Si/c1-26-37(50-7)28(23-35(49-6)39(26)52-9)22-32-43(48)46-33(42(47)45-32)24-31-36(41(54-11)40(53-10)27(2)38(31)51-8)34(46)25-55-56(44(3,4)5,29-18-14-12-15-19-29)30-20-16-13-17-21-30/h12-21,23,32-34H,22,24-25H2,1-11H3,(H,45,47)/t32-,33-,34+/m0/s1. The fourth-order valence-corrected chi connectivity index (χ4v) is 13.6. The maximum atomic E-state index is 15.2. The Morgan fingerprint density at radius 3 is 1.75 bits per heavy atom. The fourth-order valence-electron chi connectivity index (χ4n) is 8.99. The third-order valence-corrected chi connectivity index (χ3v) is 16.4.